The van der Waals surface area contributed by atoms with Crippen LogP contribution in [0.1, 0.15) is 19.3 Å². The fraction of sp³-hybridized carbons (Fsp3) is 1.00. The fourth-order valence-electron chi connectivity index (χ4n) is 1.91. The Morgan fingerprint density at radius 2 is 2.10 bits per heavy atom. The molecule has 0 aromatic heterocycles. The quantitative estimate of drug-likeness (QED) is 0.615. The highest BCUT2D eigenvalue weighted by Gasteiger charge is 2.27. The van der Waals surface area contributed by atoms with Crippen LogP contribution in [0.5, 0.6) is 0 Å². The van der Waals surface area contributed by atoms with Crippen molar-refractivity contribution in [3.05, 3.63) is 0 Å². The number of nitrogens with zero attached hydrogens (tertiary/aromatic N) is 1. The monoisotopic (exact) mass is 143 g/mol. The minimum atomic E-state index is 0.364. The van der Waals surface area contributed by atoms with Crippen LogP contribution in [-0.4, -0.2) is 36.8 Å². The van der Waals surface area contributed by atoms with E-state index in [1.54, 1.807) is 0 Å². The van der Waals surface area contributed by atoms with Gasteiger partial charge in [-0.05, 0) is 32.9 Å². The average molecular weight is 143 g/mol. The molecule has 10 heavy (non-hydrogen) atoms. The molecule has 2 atom stereocenters. The van der Waals surface area contributed by atoms with Crippen molar-refractivity contribution in [3.63, 3.8) is 0 Å². The van der Waals surface area contributed by atoms with Crippen LogP contribution in [0.25, 0.3) is 0 Å². The molecule has 0 aromatic carbocycles. The van der Waals surface area contributed by atoms with E-state index in [-0.39, 0.29) is 0 Å². The minimum Gasteiger partial charge on any atom is -0.396 e. The second-order valence-electron chi connectivity index (χ2n) is 3.40. The smallest absolute Gasteiger partial charge is 0.0474 e. The summed E-state index contributed by atoms with van der Waals surface area (Å²) in [6, 6.07) is 0.630. The second-order valence-corrected chi connectivity index (χ2v) is 3.40. The maximum absolute atomic E-state index is 8.96. The average Bonchev–Trinajstić information content (AvgIpc) is 2.33. The maximum atomic E-state index is 8.96. The molecule has 0 heterocycles. The lowest BCUT2D eigenvalue weighted by atomic mass is 10.0. The lowest BCUT2D eigenvalue weighted by Crippen LogP contribution is -2.32. The molecule has 1 saturated carbocycles. The van der Waals surface area contributed by atoms with Gasteiger partial charge in [0, 0.05) is 12.6 Å². The summed E-state index contributed by atoms with van der Waals surface area (Å²) < 4.78 is 0. The minimum absolute atomic E-state index is 0.364. The van der Waals surface area contributed by atoms with E-state index in [4.69, 9.17) is 5.11 Å². The molecule has 1 fully saturated rings. The predicted molar refractivity (Wildman–Crippen MR) is 41.9 cm³/mol. The van der Waals surface area contributed by atoms with Crippen molar-refractivity contribution in [3.8, 4) is 0 Å². The molecule has 2 nitrogen and oxygen atoms in total. The molecular formula is C8H17NO. The number of hydrogen-bond acceptors (Lipinski definition) is 2. The summed E-state index contributed by atoms with van der Waals surface area (Å²) in [5.41, 5.74) is 0. The van der Waals surface area contributed by atoms with Crippen molar-refractivity contribution in [1.82, 2.24) is 4.90 Å². The van der Waals surface area contributed by atoms with Gasteiger partial charge in [0.15, 0.2) is 0 Å². The summed E-state index contributed by atoms with van der Waals surface area (Å²) in [7, 11) is 4.19. The molecule has 0 amide bonds. The van der Waals surface area contributed by atoms with Gasteiger partial charge in [0.1, 0.15) is 0 Å². The Hall–Kier alpha value is -0.0800. The first-order valence-electron chi connectivity index (χ1n) is 4.03. The fourth-order valence-corrected chi connectivity index (χ4v) is 1.91. The SMILES string of the molecule is CN(C)[C@H]1CCC[C@H]1CO. The summed E-state index contributed by atoms with van der Waals surface area (Å²) in [5.74, 6) is 0.537. The molecule has 0 radical (unpaired) electrons. The first kappa shape index (κ1) is 8.02. The van der Waals surface area contributed by atoms with E-state index in [0.717, 1.165) is 0 Å². The van der Waals surface area contributed by atoms with E-state index in [1.165, 1.54) is 19.3 Å². The van der Waals surface area contributed by atoms with Gasteiger partial charge in [-0.1, -0.05) is 6.42 Å². The van der Waals surface area contributed by atoms with Crippen LogP contribution in [0.15, 0.2) is 0 Å². The lowest BCUT2D eigenvalue weighted by Gasteiger charge is -2.24. The topological polar surface area (TPSA) is 23.5 Å². The Morgan fingerprint density at radius 3 is 2.50 bits per heavy atom. The Labute approximate surface area is 62.8 Å². The summed E-state index contributed by atoms with van der Waals surface area (Å²) in [6.07, 6.45) is 3.76. The molecule has 2 heteroatoms. The van der Waals surface area contributed by atoms with E-state index in [1.807, 2.05) is 0 Å². The molecule has 0 unspecified atom stereocenters. The highest BCUT2D eigenvalue weighted by Crippen LogP contribution is 2.27. The largest absolute Gasteiger partial charge is 0.396 e. The zero-order chi connectivity index (χ0) is 7.56. The second kappa shape index (κ2) is 3.35. The van der Waals surface area contributed by atoms with Gasteiger partial charge >= 0.3 is 0 Å². The van der Waals surface area contributed by atoms with Gasteiger partial charge in [-0.15, -0.1) is 0 Å². The van der Waals surface area contributed by atoms with Crippen LogP contribution in [0.2, 0.25) is 0 Å². The summed E-state index contributed by atoms with van der Waals surface area (Å²) in [4.78, 5) is 2.23. The van der Waals surface area contributed by atoms with E-state index in [0.29, 0.717) is 18.6 Å². The first-order valence-corrected chi connectivity index (χ1v) is 4.03. The van der Waals surface area contributed by atoms with Crippen molar-refractivity contribution >= 4 is 0 Å². The van der Waals surface area contributed by atoms with Gasteiger partial charge in [0.2, 0.25) is 0 Å². The Kier molecular flexibility index (Phi) is 2.69. The van der Waals surface area contributed by atoms with Crippen molar-refractivity contribution in [1.29, 1.82) is 0 Å². The molecule has 0 saturated heterocycles. The third-order valence-corrected chi connectivity index (χ3v) is 2.52. The number of hydrogen-bond donors (Lipinski definition) is 1. The number of rotatable bonds is 2. The summed E-state index contributed by atoms with van der Waals surface area (Å²) in [6.45, 7) is 0.364. The highest BCUT2D eigenvalue weighted by molar-refractivity contribution is 4.81. The van der Waals surface area contributed by atoms with E-state index in [2.05, 4.69) is 19.0 Å². The van der Waals surface area contributed by atoms with Gasteiger partial charge in [-0.25, -0.2) is 0 Å². The molecule has 0 bridgehead atoms. The van der Waals surface area contributed by atoms with Gasteiger partial charge in [0.25, 0.3) is 0 Å². The molecule has 60 valence electrons. The van der Waals surface area contributed by atoms with Crippen molar-refractivity contribution in [2.75, 3.05) is 20.7 Å². The molecule has 1 N–H and O–H groups in total. The van der Waals surface area contributed by atoms with Crippen molar-refractivity contribution in [2.24, 2.45) is 5.92 Å². The molecule has 1 aliphatic carbocycles. The summed E-state index contributed by atoms with van der Waals surface area (Å²) in [5, 5.41) is 8.96. The Balaban J connectivity index is 2.42. The molecule has 1 rings (SSSR count). The van der Waals surface area contributed by atoms with Gasteiger partial charge < -0.3 is 10.0 Å². The van der Waals surface area contributed by atoms with Crippen molar-refractivity contribution in [2.45, 2.75) is 25.3 Å². The van der Waals surface area contributed by atoms with Crippen LogP contribution in [0.4, 0.5) is 0 Å². The van der Waals surface area contributed by atoms with Crippen LogP contribution < -0.4 is 0 Å². The normalized spacial score (nSPS) is 33.6. The van der Waals surface area contributed by atoms with Crippen LogP contribution in [-0.2, 0) is 0 Å². The van der Waals surface area contributed by atoms with Gasteiger partial charge in [-0.3, -0.25) is 0 Å². The zero-order valence-electron chi connectivity index (χ0n) is 6.88. The van der Waals surface area contributed by atoms with Crippen molar-refractivity contribution < 1.29 is 5.11 Å². The Morgan fingerprint density at radius 1 is 1.40 bits per heavy atom. The molecule has 0 aliphatic heterocycles. The zero-order valence-corrected chi connectivity index (χ0v) is 6.88. The van der Waals surface area contributed by atoms with Gasteiger partial charge in [0.05, 0.1) is 0 Å². The summed E-state index contributed by atoms with van der Waals surface area (Å²) >= 11 is 0. The third kappa shape index (κ3) is 1.50. The molecule has 0 aromatic rings. The van der Waals surface area contributed by atoms with E-state index < -0.39 is 0 Å². The standard InChI is InChI=1S/C8H17NO/c1-9(2)8-5-3-4-7(8)6-10/h7-8,10H,3-6H2,1-2H3/t7-,8-/m0/s1. The van der Waals surface area contributed by atoms with E-state index >= 15 is 0 Å². The lowest BCUT2D eigenvalue weighted by molar-refractivity contribution is 0.156. The first-order chi connectivity index (χ1) is 4.75. The molecule has 0 spiro atoms. The third-order valence-electron chi connectivity index (χ3n) is 2.52. The Bertz CT molecular complexity index is 103. The number of aliphatic hydroxyl groups is 1. The number of aliphatic hydroxyl groups excluding tert-OH is 1. The maximum Gasteiger partial charge on any atom is 0.0474 e. The molecular weight excluding hydrogens is 126 g/mol. The van der Waals surface area contributed by atoms with Crippen LogP contribution in [0.3, 0.4) is 0 Å². The van der Waals surface area contributed by atoms with Crippen LogP contribution in [0, 0.1) is 5.92 Å². The molecule has 1 aliphatic rings. The van der Waals surface area contributed by atoms with E-state index in [9.17, 15) is 0 Å². The highest BCUT2D eigenvalue weighted by atomic mass is 16.3. The predicted octanol–water partition coefficient (Wildman–Crippen LogP) is 0.709. The van der Waals surface area contributed by atoms with Gasteiger partial charge in [-0.2, -0.15) is 0 Å². The van der Waals surface area contributed by atoms with Crippen LogP contribution >= 0.6 is 0 Å².